The second-order valence-corrected chi connectivity index (χ2v) is 8.18. The van der Waals surface area contributed by atoms with Gasteiger partial charge < -0.3 is 14.5 Å². The van der Waals surface area contributed by atoms with Crippen LogP contribution >= 0.6 is 39.3 Å². The van der Waals surface area contributed by atoms with Crippen molar-refractivity contribution in [3.8, 4) is 5.75 Å². The molecule has 0 atom stereocenters. The predicted octanol–water partition coefficient (Wildman–Crippen LogP) is 5.41. The Bertz CT molecular complexity index is 973. The summed E-state index contributed by atoms with van der Waals surface area (Å²) in [5, 5.41) is 11.6. The summed E-state index contributed by atoms with van der Waals surface area (Å²) < 4.78 is 12.0. The van der Waals surface area contributed by atoms with Crippen molar-refractivity contribution in [2.45, 2.75) is 25.7 Å². The lowest BCUT2D eigenvalue weighted by Gasteiger charge is -2.11. The van der Waals surface area contributed by atoms with Crippen molar-refractivity contribution >= 4 is 50.9 Å². The summed E-state index contributed by atoms with van der Waals surface area (Å²) in [7, 11) is 0. The fourth-order valence-corrected chi connectivity index (χ4v) is 3.92. The van der Waals surface area contributed by atoms with Crippen LogP contribution in [-0.2, 0) is 11.4 Å². The molecule has 2 aromatic carbocycles. The van der Waals surface area contributed by atoms with Crippen molar-refractivity contribution in [3.05, 3.63) is 62.9 Å². The van der Waals surface area contributed by atoms with E-state index in [9.17, 15) is 4.79 Å². The molecule has 9 heteroatoms. The Balaban J connectivity index is 1.51. The number of amides is 1. The van der Waals surface area contributed by atoms with E-state index in [4.69, 9.17) is 20.8 Å². The van der Waals surface area contributed by atoms with Crippen molar-refractivity contribution in [2.75, 3.05) is 11.1 Å². The lowest BCUT2D eigenvalue weighted by Crippen LogP contribution is -2.15. The molecule has 0 aliphatic heterocycles. The van der Waals surface area contributed by atoms with Gasteiger partial charge in [0.25, 0.3) is 11.1 Å². The van der Waals surface area contributed by atoms with Crippen LogP contribution in [0.2, 0.25) is 5.02 Å². The third-order valence-corrected chi connectivity index (χ3v) is 5.31. The summed E-state index contributed by atoms with van der Waals surface area (Å²) in [5.74, 6) is 0.853. The first kappa shape index (κ1) is 20.7. The van der Waals surface area contributed by atoms with Gasteiger partial charge >= 0.3 is 0 Å². The molecule has 0 radical (unpaired) electrons. The number of anilines is 1. The molecule has 0 aliphatic carbocycles. The molecule has 0 unspecified atom stereocenters. The van der Waals surface area contributed by atoms with Crippen LogP contribution in [0.1, 0.15) is 17.0 Å². The van der Waals surface area contributed by atoms with Crippen LogP contribution in [0.15, 0.2) is 50.5 Å². The summed E-state index contributed by atoms with van der Waals surface area (Å²) in [6, 6.07) is 11.0. The number of benzene rings is 2. The Morgan fingerprint density at radius 1 is 1.25 bits per heavy atom. The number of halogens is 2. The first-order valence-corrected chi connectivity index (χ1v) is 10.5. The second-order valence-electron chi connectivity index (χ2n) is 5.93. The summed E-state index contributed by atoms with van der Waals surface area (Å²) in [6.45, 7) is 3.99. The quantitative estimate of drug-likeness (QED) is 0.454. The molecule has 0 saturated carbocycles. The SMILES string of the molecule is Cc1cc(Br)cc(C)c1NC(=O)CSc1nnc(COc2ccccc2Cl)o1. The van der Waals surface area contributed by atoms with Gasteiger partial charge in [-0.05, 0) is 49.2 Å². The molecule has 28 heavy (non-hydrogen) atoms. The van der Waals surface area contributed by atoms with E-state index in [0.717, 1.165) is 21.3 Å². The van der Waals surface area contributed by atoms with Gasteiger partial charge in [0.2, 0.25) is 5.91 Å². The van der Waals surface area contributed by atoms with E-state index in [-0.39, 0.29) is 18.3 Å². The summed E-state index contributed by atoms with van der Waals surface area (Å²) in [6.07, 6.45) is 0. The van der Waals surface area contributed by atoms with Crippen molar-refractivity contribution in [1.29, 1.82) is 0 Å². The van der Waals surface area contributed by atoms with Crippen molar-refractivity contribution in [2.24, 2.45) is 0 Å². The molecule has 1 heterocycles. The minimum absolute atomic E-state index is 0.0980. The molecule has 6 nitrogen and oxygen atoms in total. The highest BCUT2D eigenvalue weighted by Crippen LogP contribution is 2.26. The lowest BCUT2D eigenvalue weighted by atomic mass is 10.1. The standard InChI is InChI=1S/C19H17BrClN3O3S/c1-11-7-13(20)8-12(2)18(11)22-16(25)10-28-19-24-23-17(27-19)9-26-15-6-4-3-5-14(15)21/h3-8H,9-10H2,1-2H3,(H,22,25). The first-order valence-electron chi connectivity index (χ1n) is 8.31. The summed E-state index contributed by atoms with van der Waals surface area (Å²) in [4.78, 5) is 12.3. The van der Waals surface area contributed by atoms with Crippen molar-refractivity contribution in [1.82, 2.24) is 10.2 Å². The molecular weight excluding hydrogens is 466 g/mol. The van der Waals surface area contributed by atoms with Crippen molar-refractivity contribution < 1.29 is 13.9 Å². The smallest absolute Gasteiger partial charge is 0.277 e. The number of aromatic nitrogens is 2. The van der Waals surface area contributed by atoms with Crippen LogP contribution in [-0.4, -0.2) is 21.9 Å². The van der Waals surface area contributed by atoms with E-state index < -0.39 is 0 Å². The molecule has 0 saturated heterocycles. The van der Waals surface area contributed by atoms with Gasteiger partial charge in [-0.15, -0.1) is 10.2 Å². The van der Waals surface area contributed by atoms with Gasteiger partial charge in [0, 0.05) is 10.2 Å². The fraction of sp³-hybridized carbons (Fsp3) is 0.211. The van der Waals surface area contributed by atoms with Gasteiger partial charge in [-0.1, -0.05) is 51.4 Å². The van der Waals surface area contributed by atoms with Crippen LogP contribution in [0.4, 0.5) is 5.69 Å². The third kappa shape index (κ3) is 5.50. The highest BCUT2D eigenvalue weighted by atomic mass is 79.9. The number of hydrogen-bond acceptors (Lipinski definition) is 6. The molecule has 3 aromatic rings. The normalized spacial score (nSPS) is 10.7. The average Bonchev–Trinajstić information content (AvgIpc) is 3.10. The van der Waals surface area contributed by atoms with E-state index in [1.807, 2.05) is 38.1 Å². The number of hydrogen-bond donors (Lipinski definition) is 1. The van der Waals surface area contributed by atoms with Crippen LogP contribution in [0.25, 0.3) is 0 Å². The number of carbonyl (C=O) groups is 1. The van der Waals surface area contributed by atoms with Gasteiger partial charge in [0.05, 0.1) is 10.8 Å². The lowest BCUT2D eigenvalue weighted by molar-refractivity contribution is -0.113. The third-order valence-electron chi connectivity index (χ3n) is 3.72. The summed E-state index contributed by atoms with van der Waals surface area (Å²) in [5.41, 5.74) is 2.79. The van der Waals surface area contributed by atoms with Crippen LogP contribution in [0, 0.1) is 13.8 Å². The number of thioether (sulfide) groups is 1. The number of para-hydroxylation sites is 1. The Hall–Kier alpha value is -2.03. The van der Waals surface area contributed by atoms with Crippen LogP contribution in [0.5, 0.6) is 5.75 Å². The Labute approximate surface area is 180 Å². The molecule has 1 amide bonds. The highest BCUT2D eigenvalue weighted by Gasteiger charge is 2.13. The number of nitrogens with zero attached hydrogens (tertiary/aromatic N) is 2. The number of nitrogens with one attached hydrogen (secondary N) is 1. The van der Waals surface area contributed by atoms with Gasteiger partial charge in [-0.2, -0.15) is 0 Å². The fourth-order valence-electron chi connectivity index (χ4n) is 2.47. The zero-order chi connectivity index (χ0) is 20.1. The van der Waals surface area contributed by atoms with Crippen molar-refractivity contribution in [3.63, 3.8) is 0 Å². The Morgan fingerprint density at radius 2 is 1.96 bits per heavy atom. The van der Waals surface area contributed by atoms with Crippen LogP contribution < -0.4 is 10.1 Å². The first-order chi connectivity index (χ1) is 13.4. The molecule has 1 N–H and O–H groups in total. The number of carbonyl (C=O) groups excluding carboxylic acids is 1. The highest BCUT2D eigenvalue weighted by molar-refractivity contribution is 9.10. The van der Waals surface area contributed by atoms with Gasteiger partial charge in [0.1, 0.15) is 5.75 Å². The molecule has 1 aromatic heterocycles. The molecule has 0 bridgehead atoms. The topological polar surface area (TPSA) is 77.2 Å². The summed E-state index contributed by atoms with van der Waals surface area (Å²) >= 11 is 10.6. The maximum atomic E-state index is 12.3. The van der Waals surface area contributed by atoms with E-state index in [1.165, 1.54) is 11.8 Å². The largest absolute Gasteiger partial charge is 0.482 e. The number of aryl methyl sites for hydroxylation is 2. The van der Waals surface area contributed by atoms with E-state index in [2.05, 4.69) is 31.4 Å². The molecule has 0 spiro atoms. The Morgan fingerprint density at radius 3 is 2.68 bits per heavy atom. The molecule has 0 aliphatic rings. The van der Waals surface area contributed by atoms with Gasteiger partial charge in [-0.25, -0.2) is 0 Å². The number of ether oxygens (including phenoxy) is 1. The van der Waals surface area contributed by atoms with Crippen LogP contribution in [0.3, 0.4) is 0 Å². The maximum Gasteiger partial charge on any atom is 0.277 e. The van der Waals surface area contributed by atoms with E-state index in [1.54, 1.807) is 12.1 Å². The zero-order valence-electron chi connectivity index (χ0n) is 15.2. The minimum Gasteiger partial charge on any atom is -0.482 e. The second kappa shape index (κ2) is 9.45. The molecular formula is C19H17BrClN3O3S. The van der Waals surface area contributed by atoms with E-state index in [0.29, 0.717) is 21.9 Å². The van der Waals surface area contributed by atoms with Gasteiger partial charge in [0.15, 0.2) is 6.61 Å². The number of rotatable bonds is 7. The van der Waals surface area contributed by atoms with E-state index >= 15 is 0 Å². The average molecular weight is 483 g/mol. The monoisotopic (exact) mass is 481 g/mol. The predicted molar refractivity (Wildman–Crippen MR) is 113 cm³/mol. The molecule has 146 valence electrons. The zero-order valence-corrected chi connectivity index (χ0v) is 18.3. The molecule has 0 fully saturated rings. The molecule has 3 rings (SSSR count). The van der Waals surface area contributed by atoms with Gasteiger partial charge in [-0.3, -0.25) is 4.79 Å². The maximum absolute atomic E-state index is 12.3. The Kier molecular flexibility index (Phi) is 6.98. The minimum atomic E-state index is -0.148.